The molecule has 0 aliphatic carbocycles. The molecule has 0 aliphatic heterocycles. The van der Waals surface area contributed by atoms with Gasteiger partial charge in [0.1, 0.15) is 5.52 Å². The summed E-state index contributed by atoms with van der Waals surface area (Å²) in [4.78, 5) is 16.7. The lowest BCUT2D eigenvalue weighted by atomic mass is 10.2. The monoisotopic (exact) mass is 465 g/mol. The molecule has 0 radical (unpaired) electrons. The minimum Gasteiger partial charge on any atom is -0.440 e. The summed E-state index contributed by atoms with van der Waals surface area (Å²) in [6, 6.07) is 11.5. The second kappa shape index (κ2) is 8.42. The molecule has 0 fully saturated rings. The Morgan fingerprint density at radius 2 is 1.89 bits per heavy atom. The first-order valence-electron chi connectivity index (χ1n) is 8.70. The summed E-state index contributed by atoms with van der Waals surface area (Å²) >= 11 is 3.26. The van der Waals surface area contributed by atoms with E-state index >= 15 is 0 Å². The van der Waals surface area contributed by atoms with E-state index < -0.39 is 10.0 Å². The molecule has 0 saturated heterocycles. The summed E-state index contributed by atoms with van der Waals surface area (Å²) in [5.41, 5.74) is 1.90. The van der Waals surface area contributed by atoms with Crippen molar-refractivity contribution in [2.45, 2.75) is 31.1 Å². The molecule has 0 atom stereocenters. The topological polar surface area (TPSA) is 101 Å². The van der Waals surface area contributed by atoms with Crippen LogP contribution in [-0.2, 0) is 14.8 Å². The second-order valence-electron chi connectivity index (χ2n) is 6.54. The van der Waals surface area contributed by atoms with Crippen LogP contribution in [-0.4, -0.2) is 25.9 Å². The van der Waals surface area contributed by atoms with Crippen LogP contribution in [0.4, 0.5) is 5.69 Å². The number of amides is 1. The fourth-order valence-electron chi connectivity index (χ4n) is 2.49. The fourth-order valence-corrected chi connectivity index (χ4v) is 3.79. The quantitative estimate of drug-likeness (QED) is 0.548. The first-order chi connectivity index (χ1) is 13.2. The Kier molecular flexibility index (Phi) is 6.17. The van der Waals surface area contributed by atoms with Gasteiger partial charge >= 0.3 is 0 Å². The predicted octanol–water partition coefficient (Wildman–Crippen LogP) is 4.02. The number of anilines is 1. The molecule has 7 nitrogen and oxygen atoms in total. The SMILES string of the molecule is CC(C)c1nc2cc(NC(=O)CCNS(=O)(=O)c3ccc(Br)cc3)ccc2o1. The van der Waals surface area contributed by atoms with Crippen molar-refractivity contribution < 1.29 is 17.6 Å². The van der Waals surface area contributed by atoms with Crippen molar-refractivity contribution in [3.05, 3.63) is 52.8 Å². The number of benzene rings is 2. The van der Waals surface area contributed by atoms with Crippen LogP contribution in [0.2, 0.25) is 0 Å². The van der Waals surface area contributed by atoms with Gasteiger partial charge in [0.15, 0.2) is 11.5 Å². The first kappa shape index (κ1) is 20.5. The van der Waals surface area contributed by atoms with Gasteiger partial charge in [0.05, 0.1) is 4.90 Å². The van der Waals surface area contributed by atoms with Crippen LogP contribution in [0, 0.1) is 0 Å². The van der Waals surface area contributed by atoms with E-state index in [4.69, 9.17) is 4.42 Å². The van der Waals surface area contributed by atoms with Crippen LogP contribution >= 0.6 is 15.9 Å². The van der Waals surface area contributed by atoms with Gasteiger partial charge in [0, 0.05) is 29.0 Å². The third-order valence-electron chi connectivity index (χ3n) is 3.95. The lowest BCUT2D eigenvalue weighted by molar-refractivity contribution is -0.116. The van der Waals surface area contributed by atoms with Crippen LogP contribution in [0.1, 0.15) is 32.1 Å². The molecule has 2 aromatic carbocycles. The number of nitrogens with zero attached hydrogens (tertiary/aromatic N) is 1. The standard InChI is InChI=1S/C19H20BrN3O4S/c1-12(2)19-23-16-11-14(5-8-17(16)27-19)22-18(24)9-10-21-28(25,26)15-6-3-13(20)4-7-15/h3-8,11-12,21H,9-10H2,1-2H3,(H,22,24). The highest BCUT2D eigenvalue weighted by Gasteiger charge is 2.14. The molecular weight excluding hydrogens is 446 g/mol. The van der Waals surface area contributed by atoms with Gasteiger partial charge in [0.25, 0.3) is 0 Å². The lowest BCUT2D eigenvalue weighted by Gasteiger charge is -2.08. The normalized spacial score (nSPS) is 11.9. The molecule has 0 saturated carbocycles. The highest BCUT2D eigenvalue weighted by molar-refractivity contribution is 9.10. The van der Waals surface area contributed by atoms with Crippen molar-refractivity contribution in [3.8, 4) is 0 Å². The molecule has 1 heterocycles. The number of oxazole rings is 1. The second-order valence-corrected chi connectivity index (χ2v) is 9.22. The largest absolute Gasteiger partial charge is 0.440 e. The number of nitrogens with one attached hydrogen (secondary N) is 2. The number of hydrogen-bond acceptors (Lipinski definition) is 5. The minimum absolute atomic E-state index is 0.00382. The Morgan fingerprint density at radius 1 is 1.18 bits per heavy atom. The molecule has 148 valence electrons. The van der Waals surface area contributed by atoms with Crippen LogP contribution in [0.5, 0.6) is 0 Å². The average molecular weight is 466 g/mol. The smallest absolute Gasteiger partial charge is 0.240 e. The van der Waals surface area contributed by atoms with Crippen molar-refractivity contribution in [3.63, 3.8) is 0 Å². The van der Waals surface area contributed by atoms with Gasteiger partial charge in [-0.2, -0.15) is 0 Å². The van der Waals surface area contributed by atoms with Crippen molar-refractivity contribution >= 4 is 48.6 Å². The zero-order chi connectivity index (χ0) is 20.3. The zero-order valence-corrected chi connectivity index (χ0v) is 17.8. The van der Waals surface area contributed by atoms with Gasteiger partial charge in [-0.15, -0.1) is 0 Å². The third-order valence-corrected chi connectivity index (χ3v) is 5.96. The maximum Gasteiger partial charge on any atom is 0.240 e. The molecule has 0 bridgehead atoms. The van der Waals surface area contributed by atoms with Gasteiger partial charge in [-0.05, 0) is 42.5 Å². The summed E-state index contributed by atoms with van der Waals surface area (Å²) in [6.07, 6.45) is 0.00382. The van der Waals surface area contributed by atoms with E-state index in [-0.39, 0.29) is 29.7 Å². The number of aromatic nitrogens is 1. The molecule has 2 N–H and O–H groups in total. The van der Waals surface area contributed by atoms with E-state index in [9.17, 15) is 13.2 Å². The van der Waals surface area contributed by atoms with E-state index in [2.05, 4.69) is 31.0 Å². The van der Waals surface area contributed by atoms with Crippen LogP contribution < -0.4 is 10.0 Å². The Bertz CT molecular complexity index is 1090. The number of carbonyl (C=O) groups excluding carboxylic acids is 1. The van der Waals surface area contributed by atoms with Crippen LogP contribution in [0.25, 0.3) is 11.1 Å². The van der Waals surface area contributed by atoms with Gasteiger partial charge in [-0.25, -0.2) is 18.1 Å². The van der Waals surface area contributed by atoms with Crippen LogP contribution in [0.15, 0.2) is 56.2 Å². The van der Waals surface area contributed by atoms with Gasteiger partial charge < -0.3 is 9.73 Å². The third kappa shape index (κ3) is 4.98. The first-order valence-corrected chi connectivity index (χ1v) is 11.0. The molecule has 0 aliphatic rings. The van der Waals surface area contributed by atoms with Gasteiger partial charge in [0.2, 0.25) is 15.9 Å². The van der Waals surface area contributed by atoms with Crippen molar-refractivity contribution in [2.75, 3.05) is 11.9 Å². The maximum atomic E-state index is 12.2. The molecule has 0 unspecified atom stereocenters. The molecule has 9 heteroatoms. The van der Waals surface area contributed by atoms with E-state index in [1.807, 2.05) is 13.8 Å². The van der Waals surface area contributed by atoms with Gasteiger partial charge in [-0.1, -0.05) is 29.8 Å². The zero-order valence-electron chi connectivity index (χ0n) is 15.4. The fraction of sp³-hybridized carbons (Fsp3) is 0.263. The number of hydrogen-bond donors (Lipinski definition) is 2. The molecule has 28 heavy (non-hydrogen) atoms. The molecule has 0 spiro atoms. The van der Waals surface area contributed by atoms with Crippen molar-refractivity contribution in [1.29, 1.82) is 0 Å². The average Bonchev–Trinajstić information content (AvgIpc) is 3.05. The molecule has 1 amide bonds. The van der Waals surface area contributed by atoms with Crippen molar-refractivity contribution in [1.82, 2.24) is 9.71 Å². The summed E-state index contributed by atoms with van der Waals surface area (Å²) < 4.78 is 33.3. The Morgan fingerprint density at radius 3 is 2.57 bits per heavy atom. The van der Waals surface area contributed by atoms with Crippen molar-refractivity contribution in [2.24, 2.45) is 0 Å². The van der Waals surface area contributed by atoms with E-state index in [0.29, 0.717) is 22.7 Å². The summed E-state index contributed by atoms with van der Waals surface area (Å²) in [6.45, 7) is 3.97. The van der Waals surface area contributed by atoms with Crippen LogP contribution in [0.3, 0.4) is 0 Å². The van der Waals surface area contributed by atoms with E-state index in [0.717, 1.165) is 4.47 Å². The molecule has 3 aromatic rings. The number of fused-ring (bicyclic) bond motifs is 1. The molecule has 1 aromatic heterocycles. The molecular formula is C19H20BrN3O4S. The number of sulfonamides is 1. The van der Waals surface area contributed by atoms with E-state index in [1.54, 1.807) is 30.3 Å². The summed E-state index contributed by atoms with van der Waals surface area (Å²) in [5.74, 6) is 0.510. The lowest BCUT2D eigenvalue weighted by Crippen LogP contribution is -2.27. The summed E-state index contributed by atoms with van der Waals surface area (Å²) in [7, 11) is -3.65. The van der Waals surface area contributed by atoms with E-state index in [1.165, 1.54) is 12.1 Å². The Balaban J connectivity index is 1.57. The minimum atomic E-state index is -3.65. The Labute approximate surface area is 171 Å². The number of halogens is 1. The number of rotatable bonds is 7. The number of carbonyl (C=O) groups is 1. The molecule has 3 rings (SSSR count). The van der Waals surface area contributed by atoms with Gasteiger partial charge in [-0.3, -0.25) is 4.79 Å². The predicted molar refractivity (Wildman–Crippen MR) is 111 cm³/mol. The maximum absolute atomic E-state index is 12.2. The Hall–Kier alpha value is -2.23. The highest BCUT2D eigenvalue weighted by atomic mass is 79.9. The highest BCUT2D eigenvalue weighted by Crippen LogP contribution is 2.23. The summed E-state index contributed by atoms with van der Waals surface area (Å²) in [5, 5.41) is 2.74.